The third-order valence-corrected chi connectivity index (χ3v) is 4.60. The van der Waals surface area contributed by atoms with E-state index in [0.717, 1.165) is 44.7 Å². The lowest BCUT2D eigenvalue weighted by molar-refractivity contribution is 0.0396. The molecule has 0 saturated carbocycles. The first-order chi connectivity index (χ1) is 12.3. The van der Waals surface area contributed by atoms with Gasteiger partial charge < -0.3 is 9.15 Å². The maximum Gasteiger partial charge on any atom is 0.419 e. The molecule has 1 saturated heterocycles. The Bertz CT molecular complexity index is 868. The zero-order valence-corrected chi connectivity index (χ0v) is 14.1. The third-order valence-electron chi connectivity index (χ3n) is 4.60. The van der Waals surface area contributed by atoms with Crippen LogP contribution < -0.4 is 5.76 Å². The highest BCUT2D eigenvalue weighted by Gasteiger charge is 2.20. The summed E-state index contributed by atoms with van der Waals surface area (Å²) >= 11 is 0. The minimum Gasteiger partial charge on any atom is -0.408 e. The van der Waals surface area contributed by atoms with E-state index in [2.05, 4.69) is 10.00 Å². The number of oxazole rings is 1. The van der Waals surface area contributed by atoms with Crippen molar-refractivity contribution in [3.8, 4) is 0 Å². The summed E-state index contributed by atoms with van der Waals surface area (Å²) in [5, 5.41) is 4.26. The van der Waals surface area contributed by atoms with Crippen molar-refractivity contribution in [1.82, 2.24) is 19.2 Å². The highest BCUT2D eigenvalue weighted by molar-refractivity contribution is 5.72. The average Bonchev–Trinajstić information content (AvgIpc) is 3.16. The van der Waals surface area contributed by atoms with Crippen LogP contribution in [0.15, 0.2) is 51.9 Å². The minimum absolute atomic E-state index is 0.111. The molecular formula is C18H22N4O3. The van der Waals surface area contributed by atoms with Gasteiger partial charge in [-0.1, -0.05) is 12.1 Å². The number of ether oxygens (including phenoxy) is 1. The Morgan fingerprint density at radius 3 is 3.00 bits per heavy atom. The largest absolute Gasteiger partial charge is 0.419 e. The lowest BCUT2D eigenvalue weighted by Crippen LogP contribution is -2.37. The van der Waals surface area contributed by atoms with Crippen molar-refractivity contribution >= 4 is 11.1 Å². The van der Waals surface area contributed by atoms with Gasteiger partial charge in [0.05, 0.1) is 18.2 Å². The van der Waals surface area contributed by atoms with Crippen LogP contribution in [0.5, 0.6) is 0 Å². The fourth-order valence-corrected chi connectivity index (χ4v) is 3.37. The molecule has 0 aliphatic carbocycles. The third kappa shape index (κ3) is 3.67. The van der Waals surface area contributed by atoms with Crippen molar-refractivity contribution < 1.29 is 9.15 Å². The Morgan fingerprint density at radius 2 is 2.12 bits per heavy atom. The molecule has 25 heavy (non-hydrogen) atoms. The van der Waals surface area contributed by atoms with Gasteiger partial charge in [-0.25, -0.2) is 4.79 Å². The summed E-state index contributed by atoms with van der Waals surface area (Å²) in [6, 6.07) is 9.47. The van der Waals surface area contributed by atoms with E-state index in [-0.39, 0.29) is 11.9 Å². The van der Waals surface area contributed by atoms with E-state index < -0.39 is 0 Å². The molecule has 3 heterocycles. The van der Waals surface area contributed by atoms with E-state index >= 15 is 0 Å². The van der Waals surface area contributed by atoms with E-state index in [1.807, 2.05) is 41.2 Å². The topological polar surface area (TPSA) is 65.4 Å². The summed E-state index contributed by atoms with van der Waals surface area (Å²) in [5.41, 5.74) is 1.50. The summed E-state index contributed by atoms with van der Waals surface area (Å²) in [7, 11) is 0. The Balaban J connectivity index is 1.42. The molecule has 1 fully saturated rings. The van der Waals surface area contributed by atoms with Crippen molar-refractivity contribution in [1.29, 1.82) is 0 Å². The van der Waals surface area contributed by atoms with Gasteiger partial charge in [0.2, 0.25) is 0 Å². The monoisotopic (exact) mass is 342 g/mol. The van der Waals surface area contributed by atoms with E-state index in [1.165, 1.54) is 0 Å². The van der Waals surface area contributed by atoms with Crippen LogP contribution in [0.2, 0.25) is 0 Å². The molecular weight excluding hydrogens is 320 g/mol. The van der Waals surface area contributed by atoms with Crippen LogP contribution in [-0.2, 0) is 17.8 Å². The summed E-state index contributed by atoms with van der Waals surface area (Å²) in [5.74, 6) is -0.291. The number of rotatable bonds is 5. The number of para-hydroxylation sites is 2. The molecule has 1 aromatic carbocycles. The summed E-state index contributed by atoms with van der Waals surface area (Å²) in [4.78, 5) is 14.5. The van der Waals surface area contributed by atoms with Crippen molar-refractivity contribution in [2.75, 3.05) is 26.2 Å². The molecule has 4 rings (SSSR count). The van der Waals surface area contributed by atoms with Gasteiger partial charge in [-0.3, -0.25) is 14.1 Å². The number of hydrogen-bond acceptors (Lipinski definition) is 5. The van der Waals surface area contributed by atoms with Crippen LogP contribution in [0.3, 0.4) is 0 Å². The lowest BCUT2D eigenvalue weighted by Gasteiger charge is -2.23. The molecule has 7 nitrogen and oxygen atoms in total. The second-order valence-electron chi connectivity index (χ2n) is 6.36. The zero-order valence-electron chi connectivity index (χ0n) is 14.1. The Kier molecular flexibility index (Phi) is 4.67. The minimum atomic E-state index is -0.291. The average molecular weight is 342 g/mol. The first-order valence-corrected chi connectivity index (χ1v) is 8.69. The van der Waals surface area contributed by atoms with Crippen molar-refractivity contribution in [2.45, 2.75) is 25.6 Å². The Morgan fingerprint density at radius 1 is 1.20 bits per heavy atom. The maximum absolute atomic E-state index is 12.1. The van der Waals surface area contributed by atoms with E-state index in [4.69, 9.17) is 9.15 Å². The molecule has 0 spiro atoms. The van der Waals surface area contributed by atoms with E-state index in [9.17, 15) is 4.79 Å². The van der Waals surface area contributed by atoms with Gasteiger partial charge in [0.25, 0.3) is 0 Å². The molecule has 132 valence electrons. The van der Waals surface area contributed by atoms with Gasteiger partial charge in [0, 0.05) is 45.2 Å². The predicted octanol–water partition coefficient (Wildman–Crippen LogP) is 1.58. The molecule has 0 N–H and O–H groups in total. The van der Waals surface area contributed by atoms with Crippen LogP contribution in [0.25, 0.3) is 11.1 Å². The number of benzene rings is 1. The number of nitrogens with zero attached hydrogens (tertiary/aromatic N) is 4. The van der Waals surface area contributed by atoms with Crippen molar-refractivity contribution in [3.05, 3.63) is 53.3 Å². The van der Waals surface area contributed by atoms with E-state index in [1.54, 1.807) is 10.8 Å². The van der Waals surface area contributed by atoms with Crippen LogP contribution in [0, 0.1) is 0 Å². The highest BCUT2D eigenvalue weighted by atomic mass is 16.5. The maximum atomic E-state index is 12.1. The van der Waals surface area contributed by atoms with Gasteiger partial charge in [0.15, 0.2) is 5.58 Å². The smallest absolute Gasteiger partial charge is 0.408 e. The fraction of sp³-hybridized carbons (Fsp3) is 0.444. The van der Waals surface area contributed by atoms with Gasteiger partial charge in [0.1, 0.15) is 0 Å². The molecule has 7 heteroatoms. The van der Waals surface area contributed by atoms with Gasteiger partial charge in [-0.05, 0) is 24.6 Å². The number of hydrogen-bond donors (Lipinski definition) is 0. The predicted molar refractivity (Wildman–Crippen MR) is 93.5 cm³/mol. The van der Waals surface area contributed by atoms with Crippen LogP contribution >= 0.6 is 0 Å². The molecule has 3 aromatic rings. The van der Waals surface area contributed by atoms with Crippen LogP contribution in [0.4, 0.5) is 0 Å². The molecule has 2 aromatic heterocycles. The molecule has 0 unspecified atom stereocenters. The zero-order chi connectivity index (χ0) is 17.1. The Hall–Kier alpha value is -2.38. The molecule has 0 radical (unpaired) electrons. The normalized spacial score (nSPS) is 19.3. The summed E-state index contributed by atoms with van der Waals surface area (Å²) < 4.78 is 14.9. The second kappa shape index (κ2) is 7.25. The first kappa shape index (κ1) is 16.1. The SMILES string of the molecule is O=c1oc2ccccc2n1CCN1CCCO[C@@H](Cn2cccn2)C1. The molecule has 0 bridgehead atoms. The van der Waals surface area contributed by atoms with Crippen molar-refractivity contribution in [2.24, 2.45) is 0 Å². The summed E-state index contributed by atoms with van der Waals surface area (Å²) in [6.07, 6.45) is 4.84. The van der Waals surface area contributed by atoms with Crippen LogP contribution in [-0.4, -0.2) is 51.6 Å². The van der Waals surface area contributed by atoms with E-state index in [0.29, 0.717) is 12.1 Å². The molecule has 1 aliphatic heterocycles. The van der Waals surface area contributed by atoms with Crippen molar-refractivity contribution in [3.63, 3.8) is 0 Å². The standard InChI is InChI=1S/C18H22N4O3/c23-18-22(16-5-1-2-6-17(16)25-18)11-10-20-8-4-12-24-15(13-20)14-21-9-3-7-19-21/h1-3,5-7,9,15H,4,8,10-14H2/t15-/m1/s1. The Labute approximate surface area is 145 Å². The molecule has 1 aliphatic rings. The second-order valence-corrected chi connectivity index (χ2v) is 6.36. The van der Waals surface area contributed by atoms with Crippen LogP contribution in [0.1, 0.15) is 6.42 Å². The number of fused-ring (bicyclic) bond motifs is 1. The molecule has 0 amide bonds. The quantitative estimate of drug-likeness (QED) is 0.704. The molecule has 1 atom stereocenters. The highest BCUT2D eigenvalue weighted by Crippen LogP contribution is 2.13. The van der Waals surface area contributed by atoms with Gasteiger partial charge >= 0.3 is 5.76 Å². The van der Waals surface area contributed by atoms with Gasteiger partial charge in [-0.15, -0.1) is 0 Å². The first-order valence-electron chi connectivity index (χ1n) is 8.69. The fourth-order valence-electron chi connectivity index (χ4n) is 3.37. The number of aromatic nitrogens is 3. The van der Waals surface area contributed by atoms with Gasteiger partial charge in [-0.2, -0.15) is 5.10 Å². The lowest BCUT2D eigenvalue weighted by atomic mass is 10.3. The summed E-state index contributed by atoms with van der Waals surface area (Å²) in [6.45, 7) is 4.73.